The second-order valence-electron chi connectivity index (χ2n) is 4.84. The Hall–Kier alpha value is -0.870. The first kappa shape index (κ1) is 10.3. The van der Waals surface area contributed by atoms with Gasteiger partial charge in [-0.25, -0.2) is 4.98 Å². The molecule has 88 valence electrons. The largest absolute Gasteiger partial charge is 0.380 e. The van der Waals surface area contributed by atoms with Crippen molar-refractivity contribution in [2.24, 2.45) is 0 Å². The second-order valence-corrected chi connectivity index (χ2v) is 4.84. The van der Waals surface area contributed by atoms with Crippen molar-refractivity contribution in [3.05, 3.63) is 18.7 Å². The van der Waals surface area contributed by atoms with Gasteiger partial charge >= 0.3 is 0 Å². The molecule has 0 spiro atoms. The molecule has 2 aliphatic rings. The number of ether oxygens (including phenoxy) is 1. The molecular weight excluding hydrogens is 202 g/mol. The Kier molecular flexibility index (Phi) is 2.93. The highest BCUT2D eigenvalue weighted by Gasteiger charge is 2.30. The molecule has 0 amide bonds. The molecule has 2 fully saturated rings. The van der Waals surface area contributed by atoms with Crippen LogP contribution in [0.4, 0.5) is 0 Å². The van der Waals surface area contributed by atoms with Gasteiger partial charge in [-0.2, -0.15) is 0 Å². The summed E-state index contributed by atoms with van der Waals surface area (Å²) < 4.78 is 7.66. The number of imidazole rings is 1. The molecule has 0 radical (unpaired) electrons. The number of nitrogens with zero attached hydrogens (tertiary/aromatic N) is 2. The Balaban J connectivity index is 1.64. The molecule has 3 unspecified atom stereocenters. The lowest BCUT2D eigenvalue weighted by atomic mass is 10.1. The lowest BCUT2D eigenvalue weighted by Crippen LogP contribution is -2.41. The van der Waals surface area contributed by atoms with Crippen molar-refractivity contribution in [2.75, 3.05) is 13.2 Å². The number of aromatic nitrogens is 2. The lowest BCUT2D eigenvalue weighted by molar-refractivity contribution is 0.186. The van der Waals surface area contributed by atoms with Gasteiger partial charge < -0.3 is 14.6 Å². The van der Waals surface area contributed by atoms with E-state index in [4.69, 9.17) is 4.74 Å². The van der Waals surface area contributed by atoms with Gasteiger partial charge in [0.05, 0.1) is 12.9 Å². The molecular formula is C12H19N3O. The summed E-state index contributed by atoms with van der Waals surface area (Å²) in [6, 6.07) is 1.75. The summed E-state index contributed by atoms with van der Waals surface area (Å²) >= 11 is 0. The molecule has 1 aliphatic carbocycles. The molecule has 0 bridgehead atoms. The van der Waals surface area contributed by atoms with Gasteiger partial charge in [0, 0.05) is 37.1 Å². The summed E-state index contributed by atoms with van der Waals surface area (Å²) in [6.07, 6.45) is 10.9. The summed E-state index contributed by atoms with van der Waals surface area (Å²) in [5.41, 5.74) is 0. The van der Waals surface area contributed by atoms with Crippen LogP contribution >= 0.6 is 0 Å². The minimum absolute atomic E-state index is 0.564. The van der Waals surface area contributed by atoms with Crippen molar-refractivity contribution >= 4 is 0 Å². The molecule has 1 saturated carbocycles. The van der Waals surface area contributed by atoms with Crippen LogP contribution in [-0.2, 0) is 4.74 Å². The average Bonchev–Trinajstić information content (AvgIpc) is 2.98. The normalized spacial score (nSPS) is 34.6. The molecule has 1 aromatic rings. The first-order chi connectivity index (χ1) is 7.93. The Morgan fingerprint density at radius 2 is 2.31 bits per heavy atom. The molecule has 2 heterocycles. The predicted molar refractivity (Wildman–Crippen MR) is 61.3 cm³/mol. The quantitative estimate of drug-likeness (QED) is 0.837. The van der Waals surface area contributed by atoms with E-state index in [0.29, 0.717) is 18.1 Å². The van der Waals surface area contributed by atoms with Gasteiger partial charge in [0.15, 0.2) is 0 Å². The van der Waals surface area contributed by atoms with Gasteiger partial charge in [-0.15, -0.1) is 0 Å². The van der Waals surface area contributed by atoms with Crippen LogP contribution in [-0.4, -0.2) is 34.8 Å². The Bertz CT molecular complexity index is 319. The zero-order valence-electron chi connectivity index (χ0n) is 9.51. The fourth-order valence-corrected chi connectivity index (χ4v) is 2.93. The summed E-state index contributed by atoms with van der Waals surface area (Å²) in [5.74, 6) is 0. The highest BCUT2D eigenvalue weighted by atomic mass is 16.5. The highest BCUT2D eigenvalue weighted by molar-refractivity contribution is 4.93. The molecule has 3 atom stereocenters. The number of hydrogen-bond donors (Lipinski definition) is 1. The summed E-state index contributed by atoms with van der Waals surface area (Å²) in [4.78, 5) is 4.14. The molecule has 0 aromatic carbocycles. The molecule has 1 aliphatic heterocycles. The third-order valence-corrected chi connectivity index (χ3v) is 3.77. The van der Waals surface area contributed by atoms with Crippen LogP contribution in [0.5, 0.6) is 0 Å². The van der Waals surface area contributed by atoms with Crippen molar-refractivity contribution in [1.29, 1.82) is 0 Å². The van der Waals surface area contributed by atoms with E-state index in [1.807, 2.05) is 12.5 Å². The Morgan fingerprint density at radius 3 is 3.06 bits per heavy atom. The van der Waals surface area contributed by atoms with Gasteiger partial charge in [-0.3, -0.25) is 0 Å². The van der Waals surface area contributed by atoms with Crippen molar-refractivity contribution in [3.63, 3.8) is 0 Å². The molecule has 1 N–H and O–H groups in total. The van der Waals surface area contributed by atoms with Crippen LogP contribution in [0.15, 0.2) is 18.7 Å². The van der Waals surface area contributed by atoms with E-state index < -0.39 is 0 Å². The summed E-state index contributed by atoms with van der Waals surface area (Å²) in [5, 5.41) is 3.74. The van der Waals surface area contributed by atoms with E-state index in [9.17, 15) is 0 Å². The molecule has 3 rings (SSSR count). The van der Waals surface area contributed by atoms with Crippen molar-refractivity contribution < 1.29 is 4.74 Å². The second kappa shape index (κ2) is 4.55. The van der Waals surface area contributed by atoms with Crippen molar-refractivity contribution in [1.82, 2.24) is 14.9 Å². The van der Waals surface area contributed by atoms with Crippen LogP contribution in [0.1, 0.15) is 31.7 Å². The fraction of sp³-hybridized carbons (Fsp3) is 0.750. The van der Waals surface area contributed by atoms with E-state index in [1.54, 1.807) is 0 Å². The summed E-state index contributed by atoms with van der Waals surface area (Å²) in [7, 11) is 0. The SMILES string of the molecule is c1cn(C2CCCC2NC2CCOC2)cn1. The minimum atomic E-state index is 0.564. The maximum atomic E-state index is 5.41. The third-order valence-electron chi connectivity index (χ3n) is 3.77. The Morgan fingerprint density at radius 1 is 1.31 bits per heavy atom. The van der Waals surface area contributed by atoms with Crippen LogP contribution in [0.3, 0.4) is 0 Å². The molecule has 4 nitrogen and oxygen atoms in total. The van der Waals surface area contributed by atoms with Crippen molar-refractivity contribution in [3.8, 4) is 0 Å². The lowest BCUT2D eigenvalue weighted by Gasteiger charge is -2.25. The van der Waals surface area contributed by atoms with Crippen LogP contribution in [0.25, 0.3) is 0 Å². The highest BCUT2D eigenvalue weighted by Crippen LogP contribution is 2.30. The third kappa shape index (κ3) is 1.99. The summed E-state index contributed by atoms with van der Waals surface area (Å²) in [6.45, 7) is 1.80. The van der Waals surface area contributed by atoms with Gasteiger partial charge in [-0.1, -0.05) is 0 Å². The molecule has 4 heteroatoms. The van der Waals surface area contributed by atoms with E-state index in [-0.39, 0.29) is 0 Å². The number of hydrogen-bond acceptors (Lipinski definition) is 3. The van der Waals surface area contributed by atoms with Gasteiger partial charge in [-0.05, 0) is 25.7 Å². The monoisotopic (exact) mass is 221 g/mol. The molecule has 16 heavy (non-hydrogen) atoms. The maximum absolute atomic E-state index is 5.41. The van der Waals surface area contributed by atoms with Crippen LogP contribution < -0.4 is 5.32 Å². The molecule has 1 saturated heterocycles. The van der Waals surface area contributed by atoms with E-state index in [1.165, 1.54) is 19.3 Å². The van der Waals surface area contributed by atoms with Gasteiger partial charge in [0.2, 0.25) is 0 Å². The van der Waals surface area contributed by atoms with Gasteiger partial charge in [0.25, 0.3) is 0 Å². The van der Waals surface area contributed by atoms with Crippen LogP contribution in [0, 0.1) is 0 Å². The number of rotatable bonds is 3. The van der Waals surface area contributed by atoms with E-state index >= 15 is 0 Å². The fourth-order valence-electron chi connectivity index (χ4n) is 2.93. The minimum Gasteiger partial charge on any atom is -0.380 e. The average molecular weight is 221 g/mol. The maximum Gasteiger partial charge on any atom is 0.0949 e. The predicted octanol–water partition coefficient (Wildman–Crippen LogP) is 1.36. The Labute approximate surface area is 96.0 Å². The first-order valence-corrected chi connectivity index (χ1v) is 6.25. The van der Waals surface area contributed by atoms with Crippen molar-refractivity contribution in [2.45, 2.75) is 43.8 Å². The van der Waals surface area contributed by atoms with E-state index in [0.717, 1.165) is 19.6 Å². The zero-order valence-corrected chi connectivity index (χ0v) is 9.51. The smallest absolute Gasteiger partial charge is 0.0949 e. The van der Waals surface area contributed by atoms with Gasteiger partial charge in [0.1, 0.15) is 0 Å². The standard InChI is InChI=1S/C12H19N3O/c1-2-11(14-10-4-7-16-8-10)12(3-1)15-6-5-13-9-15/h5-6,9-12,14H,1-4,7-8H2. The first-order valence-electron chi connectivity index (χ1n) is 6.25. The zero-order chi connectivity index (χ0) is 10.8. The number of nitrogens with one attached hydrogen (secondary N) is 1. The molecule has 1 aromatic heterocycles. The topological polar surface area (TPSA) is 39.1 Å². The van der Waals surface area contributed by atoms with E-state index in [2.05, 4.69) is 21.1 Å². The van der Waals surface area contributed by atoms with Crippen LogP contribution in [0.2, 0.25) is 0 Å².